The summed E-state index contributed by atoms with van der Waals surface area (Å²) in [5.41, 5.74) is 1.42. The number of rotatable bonds is 0. The molecule has 0 aromatic heterocycles. The van der Waals surface area contributed by atoms with E-state index in [-0.39, 0.29) is 24.0 Å². The fourth-order valence-electron chi connectivity index (χ4n) is 0.799. The van der Waals surface area contributed by atoms with Crippen molar-refractivity contribution in [3.8, 4) is 0 Å². The Morgan fingerprint density at radius 3 is 2.38 bits per heavy atom. The molecular formula is C6H12IN. The molecule has 0 saturated heterocycles. The summed E-state index contributed by atoms with van der Waals surface area (Å²) >= 11 is 0. The number of allylic oxidation sites excluding steroid dienone is 1. The average Bonchev–Trinajstić information content (AvgIpc) is 1.91. The van der Waals surface area contributed by atoms with E-state index in [1.54, 1.807) is 0 Å². The Morgan fingerprint density at radius 2 is 2.25 bits per heavy atom. The first-order chi connectivity index (χ1) is 3.30. The summed E-state index contributed by atoms with van der Waals surface area (Å²) in [4.78, 5) is 2.26. The molecule has 1 aliphatic rings. The monoisotopic (exact) mass is 225 g/mol. The minimum Gasteiger partial charge on any atom is -0.378 e. The largest absolute Gasteiger partial charge is 0.378 e. The summed E-state index contributed by atoms with van der Waals surface area (Å²) in [5, 5.41) is 0. The van der Waals surface area contributed by atoms with Crippen LogP contribution in [-0.4, -0.2) is 18.5 Å². The van der Waals surface area contributed by atoms with Crippen LogP contribution in [0.3, 0.4) is 0 Å². The van der Waals surface area contributed by atoms with Gasteiger partial charge in [-0.2, -0.15) is 0 Å². The van der Waals surface area contributed by atoms with Gasteiger partial charge in [0.1, 0.15) is 0 Å². The predicted octanol–water partition coefficient (Wildman–Crippen LogP) is 1.84. The van der Waals surface area contributed by atoms with Crippen LogP contribution in [0.5, 0.6) is 0 Å². The maximum atomic E-state index is 2.26. The number of halogens is 1. The van der Waals surface area contributed by atoms with Crippen molar-refractivity contribution in [2.24, 2.45) is 0 Å². The van der Waals surface area contributed by atoms with Gasteiger partial charge in [0.05, 0.1) is 0 Å². The van der Waals surface area contributed by atoms with Gasteiger partial charge in [0.25, 0.3) is 0 Å². The molecule has 1 aliphatic heterocycles. The van der Waals surface area contributed by atoms with Gasteiger partial charge < -0.3 is 4.90 Å². The quantitative estimate of drug-likeness (QED) is 0.568. The zero-order valence-corrected chi connectivity index (χ0v) is 7.68. The molecule has 1 nitrogen and oxygen atoms in total. The minimum atomic E-state index is 0. The first-order valence-electron chi connectivity index (χ1n) is 2.68. The average molecular weight is 225 g/mol. The molecule has 0 unspecified atom stereocenters. The van der Waals surface area contributed by atoms with Crippen LogP contribution in [0.1, 0.15) is 13.3 Å². The van der Waals surface area contributed by atoms with Crippen molar-refractivity contribution in [2.75, 3.05) is 13.6 Å². The molecule has 0 aliphatic carbocycles. The summed E-state index contributed by atoms with van der Waals surface area (Å²) in [6.07, 6.45) is 3.50. The molecule has 0 atom stereocenters. The Hall–Kier alpha value is 0.270. The molecule has 0 spiro atoms. The molecule has 0 aromatic rings. The predicted molar refractivity (Wildman–Crippen MR) is 46.4 cm³/mol. The van der Waals surface area contributed by atoms with Crippen molar-refractivity contribution in [1.82, 2.24) is 4.90 Å². The van der Waals surface area contributed by atoms with Crippen molar-refractivity contribution in [1.29, 1.82) is 0 Å². The molecule has 1 rings (SSSR count). The Kier molecular flexibility index (Phi) is 3.44. The van der Waals surface area contributed by atoms with E-state index in [0.717, 1.165) is 0 Å². The molecule has 0 fully saturated rings. The first kappa shape index (κ1) is 8.27. The van der Waals surface area contributed by atoms with Gasteiger partial charge in [-0.25, -0.2) is 0 Å². The van der Waals surface area contributed by atoms with Gasteiger partial charge >= 0.3 is 0 Å². The lowest BCUT2D eigenvalue weighted by Crippen LogP contribution is -2.10. The van der Waals surface area contributed by atoms with Crippen LogP contribution < -0.4 is 0 Å². The zero-order chi connectivity index (χ0) is 5.28. The van der Waals surface area contributed by atoms with E-state index in [4.69, 9.17) is 0 Å². The van der Waals surface area contributed by atoms with Crippen molar-refractivity contribution >= 4 is 24.0 Å². The number of nitrogens with zero attached hydrogens (tertiary/aromatic N) is 1. The first-order valence-corrected chi connectivity index (χ1v) is 2.68. The third kappa shape index (κ3) is 1.65. The van der Waals surface area contributed by atoms with Crippen LogP contribution in [0.15, 0.2) is 11.8 Å². The smallest absolute Gasteiger partial charge is 0.0206 e. The molecule has 0 saturated carbocycles. The second-order valence-corrected chi connectivity index (χ2v) is 2.06. The SMILES string of the molecule is CC1=CCCN1C.I. The van der Waals surface area contributed by atoms with E-state index in [0.29, 0.717) is 0 Å². The number of hydrogen-bond donors (Lipinski definition) is 0. The molecule has 0 radical (unpaired) electrons. The van der Waals surface area contributed by atoms with Gasteiger partial charge in [0, 0.05) is 19.3 Å². The molecule has 0 aromatic carbocycles. The van der Waals surface area contributed by atoms with Gasteiger partial charge in [-0.3, -0.25) is 0 Å². The molecule has 2 heteroatoms. The molecule has 0 N–H and O–H groups in total. The Balaban J connectivity index is 0.000000490. The van der Waals surface area contributed by atoms with Crippen molar-refractivity contribution in [2.45, 2.75) is 13.3 Å². The van der Waals surface area contributed by atoms with E-state index in [1.807, 2.05) is 0 Å². The lowest BCUT2D eigenvalue weighted by molar-refractivity contribution is 0.460. The standard InChI is InChI=1S/C6H11N.HI/c1-6-4-3-5-7(6)2;/h4H,3,5H2,1-2H3;1H. The van der Waals surface area contributed by atoms with E-state index in [2.05, 4.69) is 24.9 Å². The molecule has 8 heavy (non-hydrogen) atoms. The van der Waals surface area contributed by atoms with E-state index in [9.17, 15) is 0 Å². The zero-order valence-electron chi connectivity index (χ0n) is 5.35. The van der Waals surface area contributed by atoms with E-state index >= 15 is 0 Å². The highest BCUT2D eigenvalue weighted by atomic mass is 127. The van der Waals surface area contributed by atoms with Crippen LogP contribution in [0.4, 0.5) is 0 Å². The maximum absolute atomic E-state index is 2.26. The van der Waals surface area contributed by atoms with Gasteiger partial charge in [0.2, 0.25) is 0 Å². The van der Waals surface area contributed by atoms with Gasteiger partial charge in [-0.15, -0.1) is 24.0 Å². The van der Waals surface area contributed by atoms with Crippen molar-refractivity contribution < 1.29 is 0 Å². The van der Waals surface area contributed by atoms with E-state index in [1.165, 1.54) is 18.7 Å². The fourth-order valence-corrected chi connectivity index (χ4v) is 0.799. The van der Waals surface area contributed by atoms with Gasteiger partial charge in [0.15, 0.2) is 0 Å². The lowest BCUT2D eigenvalue weighted by atomic mass is 10.4. The normalized spacial score (nSPS) is 17.8. The highest BCUT2D eigenvalue weighted by molar-refractivity contribution is 14.0. The molecule has 0 bridgehead atoms. The number of hydrogen-bond acceptors (Lipinski definition) is 1. The fraction of sp³-hybridized carbons (Fsp3) is 0.667. The second-order valence-electron chi connectivity index (χ2n) is 2.06. The highest BCUT2D eigenvalue weighted by Crippen LogP contribution is 2.09. The molecule has 1 heterocycles. The third-order valence-electron chi connectivity index (χ3n) is 1.51. The van der Waals surface area contributed by atoms with Crippen LogP contribution in [-0.2, 0) is 0 Å². The summed E-state index contributed by atoms with van der Waals surface area (Å²) in [6, 6.07) is 0. The van der Waals surface area contributed by atoms with Crippen LogP contribution in [0.25, 0.3) is 0 Å². The Bertz CT molecular complexity index is 98.7. The van der Waals surface area contributed by atoms with Crippen molar-refractivity contribution in [3.05, 3.63) is 11.8 Å². The molecular weight excluding hydrogens is 213 g/mol. The lowest BCUT2D eigenvalue weighted by Gasteiger charge is -2.10. The Labute approximate surface area is 67.8 Å². The summed E-state index contributed by atoms with van der Waals surface area (Å²) in [5.74, 6) is 0. The minimum absolute atomic E-state index is 0. The van der Waals surface area contributed by atoms with Crippen LogP contribution >= 0.6 is 24.0 Å². The molecule has 0 amide bonds. The Morgan fingerprint density at radius 1 is 1.62 bits per heavy atom. The highest BCUT2D eigenvalue weighted by Gasteiger charge is 2.02. The topological polar surface area (TPSA) is 3.24 Å². The van der Waals surface area contributed by atoms with Gasteiger partial charge in [-0.1, -0.05) is 6.08 Å². The summed E-state index contributed by atoms with van der Waals surface area (Å²) < 4.78 is 0. The van der Waals surface area contributed by atoms with Crippen LogP contribution in [0.2, 0.25) is 0 Å². The van der Waals surface area contributed by atoms with Gasteiger partial charge in [-0.05, 0) is 13.3 Å². The summed E-state index contributed by atoms with van der Waals surface area (Å²) in [6.45, 7) is 3.36. The molecule has 48 valence electrons. The van der Waals surface area contributed by atoms with Crippen molar-refractivity contribution in [3.63, 3.8) is 0 Å². The maximum Gasteiger partial charge on any atom is 0.0206 e. The van der Waals surface area contributed by atoms with Crippen LogP contribution in [0, 0.1) is 0 Å². The third-order valence-corrected chi connectivity index (χ3v) is 1.51. The second kappa shape index (κ2) is 3.33. The summed E-state index contributed by atoms with van der Waals surface area (Å²) in [7, 11) is 2.12. The van der Waals surface area contributed by atoms with E-state index < -0.39 is 0 Å².